The van der Waals surface area contributed by atoms with E-state index in [0.29, 0.717) is 0 Å². The minimum Gasteiger partial charge on any atom is 0 e. The van der Waals surface area contributed by atoms with Crippen LogP contribution < -0.4 is 0 Å². The van der Waals surface area contributed by atoms with Gasteiger partial charge in [0, 0.05) is 25.8 Å². The summed E-state index contributed by atoms with van der Waals surface area (Å²) in [7, 11) is 0. The first-order chi connectivity index (χ1) is 1.73. The molecule has 0 saturated carbocycles. The molecule has 0 unspecified atom stereocenters. The summed E-state index contributed by atoms with van der Waals surface area (Å²) >= 11 is -3.69. The van der Waals surface area contributed by atoms with Gasteiger partial charge in [0.1, 0.15) is 0 Å². The maximum atomic E-state index is 8.67. The predicted octanol–water partition coefficient (Wildman–Crippen LogP) is -0.800. The van der Waals surface area contributed by atoms with Gasteiger partial charge in [-0.2, -0.15) is 0 Å². The van der Waals surface area contributed by atoms with Gasteiger partial charge in [-0.05, 0) is 0 Å². The van der Waals surface area contributed by atoms with Crippen molar-refractivity contribution in [3.63, 3.8) is 0 Å². The van der Waals surface area contributed by atoms with E-state index in [1.54, 1.807) is 0 Å². The normalized spacial score (nSPS) is 5.00. The molecule has 0 saturated heterocycles. The van der Waals surface area contributed by atoms with Crippen LogP contribution in [-0.2, 0) is 48.6 Å². The molecule has 0 aliphatic carbocycles. The van der Waals surface area contributed by atoms with Gasteiger partial charge >= 0.3 is 26.8 Å². The van der Waals surface area contributed by atoms with E-state index in [4.69, 9.17) is 11.4 Å². The van der Waals surface area contributed by atoms with Crippen molar-refractivity contribution in [3.8, 4) is 0 Å². The van der Waals surface area contributed by atoms with E-state index in [1.165, 1.54) is 0 Å². The molecule has 0 rings (SSSR count). The van der Waals surface area contributed by atoms with E-state index in [1.807, 2.05) is 0 Å². The number of hydrogen-bond donors (Lipinski definition) is 1. The van der Waals surface area contributed by atoms with E-state index in [-0.39, 0.29) is 25.8 Å². The van der Waals surface area contributed by atoms with Gasteiger partial charge in [0.2, 0.25) is 0 Å². The van der Waals surface area contributed by atoms with Crippen LogP contribution in [0, 0.1) is 0 Å². The van der Waals surface area contributed by atoms with Gasteiger partial charge in [0.15, 0.2) is 0 Å². The molecular formula is HO3ScV. The van der Waals surface area contributed by atoms with E-state index in [2.05, 4.69) is 0 Å². The Hall–Kier alpha value is 1.01. The van der Waals surface area contributed by atoms with Crippen LogP contribution in [0.3, 0.4) is 0 Å². The van der Waals surface area contributed by atoms with Crippen LogP contribution in [0.1, 0.15) is 0 Å². The summed E-state index contributed by atoms with van der Waals surface area (Å²) in [6, 6.07) is 0. The van der Waals surface area contributed by atoms with Gasteiger partial charge in [-0.1, -0.05) is 0 Å². The third-order valence-corrected chi connectivity index (χ3v) is 0. The second-order valence-corrected chi connectivity index (χ2v) is 0.981. The molecule has 0 bridgehead atoms. The predicted molar refractivity (Wildman–Crippen MR) is 3.59 cm³/mol. The Labute approximate surface area is 52.5 Å². The van der Waals surface area contributed by atoms with Crippen molar-refractivity contribution in [1.29, 1.82) is 0 Å². The van der Waals surface area contributed by atoms with E-state index in [9.17, 15) is 0 Å². The van der Waals surface area contributed by atoms with Gasteiger partial charge in [-0.25, -0.2) is 0 Å². The Morgan fingerprint density at radius 3 is 1.40 bits per heavy atom. The quantitative estimate of drug-likeness (QED) is 0.485. The number of rotatable bonds is 0. The largest absolute Gasteiger partial charge is 0 e. The van der Waals surface area contributed by atoms with E-state index >= 15 is 0 Å². The molecule has 0 amide bonds. The van der Waals surface area contributed by atoms with Crippen molar-refractivity contribution < 1.29 is 52.6 Å². The molecule has 1 N–H and O–H groups in total. The Morgan fingerprint density at radius 1 is 1.40 bits per heavy atom. The second-order valence-electron chi connectivity index (χ2n) is 0.238. The maximum Gasteiger partial charge on any atom is 0 e. The Bertz CT molecular complexity index is 55.3. The minimum absolute atomic E-state index is 0. The van der Waals surface area contributed by atoms with Crippen LogP contribution in [0.4, 0.5) is 0 Å². The summed E-state index contributed by atoms with van der Waals surface area (Å²) in [5.74, 6) is 0. The first kappa shape index (κ1) is 9.38. The van der Waals surface area contributed by atoms with Crippen LogP contribution in [0.25, 0.3) is 0 Å². The van der Waals surface area contributed by atoms with Gasteiger partial charge in [-0.15, -0.1) is 0 Å². The molecule has 0 heterocycles. The first-order valence-electron chi connectivity index (χ1n) is 0.565. The molecule has 5 heavy (non-hydrogen) atoms. The van der Waals surface area contributed by atoms with Crippen molar-refractivity contribution in [2.75, 3.05) is 0 Å². The SMILES string of the molecule is [O]=[V](=[O])[OH].[Sc]. The average molecular weight is 145 g/mol. The minimum atomic E-state index is -3.69. The summed E-state index contributed by atoms with van der Waals surface area (Å²) < 4.78 is 24.4. The van der Waals surface area contributed by atoms with Crippen molar-refractivity contribution in [2.24, 2.45) is 0 Å². The molecule has 0 spiro atoms. The molecule has 0 fully saturated rings. The molecule has 3 nitrogen and oxygen atoms in total. The van der Waals surface area contributed by atoms with Gasteiger partial charge in [-0.3, -0.25) is 0 Å². The van der Waals surface area contributed by atoms with Crippen LogP contribution in [0.5, 0.6) is 0 Å². The summed E-state index contributed by atoms with van der Waals surface area (Å²) in [5.41, 5.74) is 0. The van der Waals surface area contributed by atoms with Gasteiger partial charge < -0.3 is 0 Å². The Kier molecular flexibility index (Phi) is 9.41. The average Bonchev–Trinajstić information content (AvgIpc) is 0.811. The van der Waals surface area contributed by atoms with E-state index in [0.717, 1.165) is 0 Å². The zero-order valence-corrected chi connectivity index (χ0v) is 5.49. The fourth-order valence-electron chi connectivity index (χ4n) is 0. The molecule has 0 aromatic heterocycles. The fourth-order valence-corrected chi connectivity index (χ4v) is 0. The molecule has 0 aliphatic rings. The summed E-state index contributed by atoms with van der Waals surface area (Å²) in [4.78, 5) is 0. The molecular weight excluding hydrogens is 144 g/mol. The third kappa shape index (κ3) is 44.3. The standard InChI is InChI=1S/H2O.2O.Sc.V/h1H2;;;;/q;;;;+1/p-1. The summed E-state index contributed by atoms with van der Waals surface area (Å²) in [6.07, 6.45) is 0. The molecule has 0 aliphatic heterocycles. The van der Waals surface area contributed by atoms with Crippen LogP contribution >= 0.6 is 0 Å². The number of hydrogen-bond acceptors (Lipinski definition) is 2. The van der Waals surface area contributed by atoms with Crippen molar-refractivity contribution in [1.82, 2.24) is 0 Å². The molecule has 0 aromatic rings. The Morgan fingerprint density at radius 2 is 1.40 bits per heavy atom. The molecule has 0 atom stereocenters. The molecule has 0 aromatic carbocycles. The molecule has 5 heteroatoms. The van der Waals surface area contributed by atoms with Gasteiger partial charge in [0.05, 0.1) is 0 Å². The maximum absolute atomic E-state index is 8.67. The second kappa shape index (κ2) is 5.01. The van der Waals surface area contributed by atoms with Crippen LogP contribution in [-0.4, -0.2) is 4.03 Å². The summed E-state index contributed by atoms with van der Waals surface area (Å²) in [5, 5.41) is 0. The molecule has 1 radical (unpaired) electrons. The molecule has 27 valence electrons. The van der Waals surface area contributed by atoms with Crippen molar-refractivity contribution in [2.45, 2.75) is 0 Å². The zero-order chi connectivity index (χ0) is 3.58. The van der Waals surface area contributed by atoms with Gasteiger partial charge in [0.25, 0.3) is 0 Å². The zero-order valence-electron chi connectivity index (χ0n) is 2.29. The first-order valence-corrected chi connectivity index (χ1v) is 2.33. The third-order valence-electron chi connectivity index (χ3n) is 0. The fraction of sp³-hybridized carbons (Fsp3) is 0. The van der Waals surface area contributed by atoms with Crippen molar-refractivity contribution in [3.05, 3.63) is 0 Å². The van der Waals surface area contributed by atoms with Crippen LogP contribution in [0.2, 0.25) is 0 Å². The topological polar surface area (TPSA) is 54.4 Å². The van der Waals surface area contributed by atoms with Crippen molar-refractivity contribution >= 4 is 0 Å². The summed E-state index contributed by atoms with van der Waals surface area (Å²) in [6.45, 7) is 0. The smallest absolute Gasteiger partial charge is 0 e. The van der Waals surface area contributed by atoms with Crippen LogP contribution in [0.15, 0.2) is 0 Å². The van der Waals surface area contributed by atoms with E-state index < -0.39 is 15.4 Å². The Balaban J connectivity index is 0. The monoisotopic (exact) mass is 145 g/mol.